The quantitative estimate of drug-likeness (QED) is 0.219. The van der Waals surface area contributed by atoms with Gasteiger partial charge in [-0.25, -0.2) is 9.78 Å². The van der Waals surface area contributed by atoms with Gasteiger partial charge in [-0.05, 0) is 55.0 Å². The molecule has 2 aromatic heterocycles. The number of thiazole rings is 1. The molecule has 2 heterocycles. The van der Waals surface area contributed by atoms with Gasteiger partial charge in [-0.15, -0.1) is 11.3 Å². The molecule has 0 aliphatic carbocycles. The minimum atomic E-state index is -0.988. The van der Waals surface area contributed by atoms with Gasteiger partial charge >= 0.3 is 5.97 Å². The number of aromatic nitrogens is 3. The molecule has 0 amide bonds. The number of aromatic carboxylic acids is 1. The van der Waals surface area contributed by atoms with Crippen molar-refractivity contribution in [1.29, 1.82) is 0 Å². The summed E-state index contributed by atoms with van der Waals surface area (Å²) in [6.45, 7) is 7.12. The highest BCUT2D eigenvalue weighted by Crippen LogP contribution is 2.28. The summed E-state index contributed by atoms with van der Waals surface area (Å²) in [5, 5.41) is 16.5. The van der Waals surface area contributed by atoms with Crippen LogP contribution in [0.5, 0.6) is 5.75 Å². The van der Waals surface area contributed by atoms with E-state index in [1.54, 1.807) is 13.0 Å². The average Bonchev–Trinajstić information content (AvgIpc) is 3.50. The van der Waals surface area contributed by atoms with Gasteiger partial charge in [0.1, 0.15) is 23.1 Å². The first-order valence-electron chi connectivity index (χ1n) is 12.5. The van der Waals surface area contributed by atoms with Crippen LogP contribution in [-0.4, -0.2) is 25.8 Å². The van der Waals surface area contributed by atoms with Crippen LogP contribution in [0.1, 0.15) is 77.8 Å². The third-order valence-electron chi connectivity index (χ3n) is 6.24. The second-order valence-corrected chi connectivity index (χ2v) is 10.0. The predicted molar refractivity (Wildman–Crippen MR) is 144 cm³/mol. The molecule has 0 spiro atoms. The van der Waals surface area contributed by atoms with Gasteiger partial charge in [-0.2, -0.15) is 5.10 Å². The van der Waals surface area contributed by atoms with E-state index in [9.17, 15) is 9.90 Å². The third kappa shape index (κ3) is 6.40. The van der Waals surface area contributed by atoms with Crippen molar-refractivity contribution in [2.75, 3.05) is 0 Å². The minimum Gasteiger partial charge on any atom is -0.489 e. The summed E-state index contributed by atoms with van der Waals surface area (Å²) in [5.41, 5.74) is 5.22. The SMILES string of the molecule is CCCC(CCC)c1ccc(OCc2ccc(-c3csc(Cn4nc(C)cc4C(=O)O)n3)cc2)cc1. The molecule has 4 aromatic rings. The van der Waals surface area contributed by atoms with Crippen molar-refractivity contribution >= 4 is 17.3 Å². The summed E-state index contributed by atoms with van der Waals surface area (Å²) >= 11 is 1.50. The molecule has 0 fully saturated rings. The van der Waals surface area contributed by atoms with Crippen molar-refractivity contribution in [2.45, 2.75) is 65.5 Å². The smallest absolute Gasteiger partial charge is 0.354 e. The third-order valence-corrected chi connectivity index (χ3v) is 7.07. The molecule has 0 saturated heterocycles. The number of carboxylic acids is 1. The average molecular weight is 504 g/mol. The number of nitrogens with zero attached hydrogens (tertiary/aromatic N) is 3. The highest BCUT2D eigenvalue weighted by molar-refractivity contribution is 7.09. The van der Waals surface area contributed by atoms with Crippen LogP contribution in [0.3, 0.4) is 0 Å². The van der Waals surface area contributed by atoms with Crippen molar-refractivity contribution in [2.24, 2.45) is 0 Å². The van der Waals surface area contributed by atoms with Crippen LogP contribution < -0.4 is 4.74 Å². The van der Waals surface area contributed by atoms with Crippen molar-refractivity contribution in [3.8, 4) is 17.0 Å². The number of rotatable bonds is 12. The van der Waals surface area contributed by atoms with Gasteiger partial charge < -0.3 is 9.84 Å². The Morgan fingerprint density at radius 1 is 1.06 bits per heavy atom. The van der Waals surface area contributed by atoms with Crippen molar-refractivity contribution in [3.63, 3.8) is 0 Å². The molecule has 188 valence electrons. The highest BCUT2D eigenvalue weighted by Gasteiger charge is 2.15. The van der Waals surface area contributed by atoms with Crippen molar-refractivity contribution in [3.05, 3.63) is 87.5 Å². The Balaban J connectivity index is 1.35. The fourth-order valence-corrected chi connectivity index (χ4v) is 5.22. The number of carboxylic acid groups (broad SMARTS) is 1. The Morgan fingerprint density at radius 2 is 1.75 bits per heavy atom. The first kappa shape index (κ1) is 25.6. The first-order valence-corrected chi connectivity index (χ1v) is 13.4. The lowest BCUT2D eigenvalue weighted by Gasteiger charge is -2.16. The summed E-state index contributed by atoms with van der Waals surface area (Å²) in [7, 11) is 0. The number of carbonyl (C=O) groups is 1. The summed E-state index contributed by atoms with van der Waals surface area (Å²) in [6.07, 6.45) is 4.87. The number of ether oxygens (including phenoxy) is 1. The highest BCUT2D eigenvalue weighted by atomic mass is 32.1. The van der Waals surface area contributed by atoms with Gasteiger partial charge in [0.25, 0.3) is 0 Å². The Bertz CT molecular complexity index is 1270. The topological polar surface area (TPSA) is 77.2 Å². The monoisotopic (exact) mass is 503 g/mol. The molecule has 0 unspecified atom stereocenters. The summed E-state index contributed by atoms with van der Waals surface area (Å²) < 4.78 is 7.51. The lowest BCUT2D eigenvalue weighted by molar-refractivity contribution is 0.0684. The lowest BCUT2D eigenvalue weighted by atomic mass is 9.90. The van der Waals surface area contributed by atoms with E-state index in [1.165, 1.54) is 47.3 Å². The Kier molecular flexibility index (Phi) is 8.54. The van der Waals surface area contributed by atoms with Crippen LogP contribution in [-0.2, 0) is 13.2 Å². The molecule has 0 atom stereocenters. The molecule has 0 aliphatic rings. The van der Waals surface area contributed by atoms with E-state index in [0.717, 1.165) is 27.6 Å². The Labute approximate surface area is 216 Å². The fourth-order valence-electron chi connectivity index (χ4n) is 4.43. The molecule has 36 heavy (non-hydrogen) atoms. The maximum atomic E-state index is 11.4. The molecule has 1 N–H and O–H groups in total. The molecule has 0 saturated carbocycles. The van der Waals surface area contributed by atoms with Crippen molar-refractivity contribution < 1.29 is 14.6 Å². The van der Waals surface area contributed by atoms with Crippen LogP contribution in [0.25, 0.3) is 11.3 Å². The van der Waals surface area contributed by atoms with Gasteiger partial charge in [0.2, 0.25) is 0 Å². The van der Waals surface area contributed by atoms with E-state index in [-0.39, 0.29) is 5.69 Å². The number of aryl methyl sites for hydroxylation is 1. The maximum Gasteiger partial charge on any atom is 0.354 e. The predicted octanol–water partition coefficient (Wildman–Crippen LogP) is 7.32. The molecular formula is C29H33N3O3S. The molecule has 0 aliphatic heterocycles. The molecule has 7 heteroatoms. The Hall–Kier alpha value is -3.45. The standard InChI is InChI=1S/C29H33N3O3S/c1-4-6-22(7-5-2)23-12-14-25(15-13-23)35-18-21-8-10-24(11-9-21)26-19-36-28(30-26)17-32-27(29(33)34)16-20(3)31-32/h8-16,19,22H,4-7,17-18H2,1-3H3,(H,33,34). The molecular weight excluding hydrogens is 470 g/mol. The number of hydrogen-bond acceptors (Lipinski definition) is 5. The van der Waals surface area contributed by atoms with E-state index < -0.39 is 5.97 Å². The van der Waals surface area contributed by atoms with Gasteiger partial charge in [-0.3, -0.25) is 4.68 Å². The van der Waals surface area contributed by atoms with Crippen LogP contribution in [0.2, 0.25) is 0 Å². The van der Waals surface area contributed by atoms with Gasteiger partial charge in [0.05, 0.1) is 17.9 Å². The van der Waals surface area contributed by atoms with Gasteiger partial charge in [-0.1, -0.05) is 63.1 Å². The molecule has 6 nitrogen and oxygen atoms in total. The first-order chi connectivity index (χ1) is 17.5. The summed E-state index contributed by atoms with van der Waals surface area (Å²) in [5.74, 6) is 0.530. The second kappa shape index (κ2) is 12.0. The van der Waals surface area contributed by atoms with Gasteiger partial charge in [0.15, 0.2) is 0 Å². The normalized spacial score (nSPS) is 11.2. The molecule has 0 bridgehead atoms. The lowest BCUT2D eigenvalue weighted by Crippen LogP contribution is -2.10. The number of hydrogen-bond donors (Lipinski definition) is 1. The van der Waals surface area contributed by atoms with E-state index in [0.29, 0.717) is 24.8 Å². The largest absolute Gasteiger partial charge is 0.489 e. The molecule has 4 rings (SSSR count). The van der Waals surface area contributed by atoms with E-state index in [4.69, 9.17) is 9.72 Å². The van der Waals surface area contributed by atoms with E-state index in [1.807, 2.05) is 17.5 Å². The van der Waals surface area contributed by atoms with Crippen LogP contribution in [0, 0.1) is 6.92 Å². The van der Waals surface area contributed by atoms with Gasteiger partial charge in [0, 0.05) is 10.9 Å². The fraction of sp³-hybridized carbons (Fsp3) is 0.345. The Morgan fingerprint density at radius 3 is 2.39 bits per heavy atom. The maximum absolute atomic E-state index is 11.4. The zero-order valence-electron chi connectivity index (χ0n) is 21.1. The minimum absolute atomic E-state index is 0.171. The van der Waals surface area contributed by atoms with Crippen LogP contribution in [0.15, 0.2) is 60.0 Å². The zero-order valence-corrected chi connectivity index (χ0v) is 21.9. The molecule has 2 aromatic carbocycles. The summed E-state index contributed by atoms with van der Waals surface area (Å²) in [6, 6.07) is 18.3. The van der Waals surface area contributed by atoms with Crippen molar-refractivity contribution in [1.82, 2.24) is 14.8 Å². The van der Waals surface area contributed by atoms with E-state index >= 15 is 0 Å². The van der Waals surface area contributed by atoms with E-state index in [2.05, 4.69) is 55.3 Å². The molecule has 0 radical (unpaired) electrons. The zero-order chi connectivity index (χ0) is 25.5. The summed E-state index contributed by atoms with van der Waals surface area (Å²) in [4.78, 5) is 16.1. The van der Waals surface area contributed by atoms with Crippen LogP contribution >= 0.6 is 11.3 Å². The number of benzene rings is 2. The van der Waals surface area contributed by atoms with Crippen LogP contribution in [0.4, 0.5) is 0 Å². The second-order valence-electron chi connectivity index (χ2n) is 9.09.